The lowest BCUT2D eigenvalue weighted by Gasteiger charge is -2.33. The smallest absolute Gasteiger partial charge is 0.250 e. The molecule has 0 aromatic heterocycles. The topological polar surface area (TPSA) is 130 Å². The third-order valence-corrected chi connectivity index (χ3v) is 6.72. The predicted molar refractivity (Wildman–Crippen MR) is 136 cm³/mol. The van der Waals surface area contributed by atoms with Gasteiger partial charge in [-0.05, 0) is 55.0 Å². The molecule has 7 nitrogen and oxygen atoms in total. The van der Waals surface area contributed by atoms with Gasteiger partial charge in [-0.1, -0.05) is 44.2 Å². The van der Waals surface area contributed by atoms with Gasteiger partial charge in [0, 0.05) is 37.0 Å². The third-order valence-electron chi connectivity index (χ3n) is 6.72. The number of carbonyl (C=O) groups excluding carboxylic acids is 2. The van der Waals surface area contributed by atoms with Crippen LogP contribution < -0.4 is 22.1 Å². The molecule has 0 heterocycles. The number of aliphatic hydroxyl groups excluding tert-OH is 1. The van der Waals surface area contributed by atoms with Gasteiger partial charge in [0.25, 0.3) is 0 Å². The summed E-state index contributed by atoms with van der Waals surface area (Å²) < 4.78 is 27.2. The van der Waals surface area contributed by atoms with Gasteiger partial charge in [0.2, 0.25) is 11.8 Å². The summed E-state index contributed by atoms with van der Waals surface area (Å²) >= 11 is 0. The van der Waals surface area contributed by atoms with Crippen LogP contribution in [0.1, 0.15) is 44.2 Å². The van der Waals surface area contributed by atoms with Crippen LogP contribution in [0.15, 0.2) is 48.5 Å². The molecule has 0 spiro atoms. The summed E-state index contributed by atoms with van der Waals surface area (Å²) in [5.41, 5.74) is 12.7. The molecule has 0 aliphatic carbocycles. The summed E-state index contributed by atoms with van der Waals surface area (Å²) in [6.45, 7) is 4.44. The molecule has 0 fully saturated rings. The number of nitrogens with one attached hydrogen (secondary N) is 2. The molecule has 36 heavy (non-hydrogen) atoms. The number of carbonyl (C=O) groups is 2. The average molecular weight is 505 g/mol. The van der Waals surface area contributed by atoms with E-state index in [4.69, 9.17) is 11.5 Å². The van der Waals surface area contributed by atoms with Gasteiger partial charge in [0.15, 0.2) is 0 Å². The predicted octanol–water partition coefficient (Wildman–Crippen LogP) is 2.19. The standard InChI is InChI=1S/C27H38F2N4O3/c1-3-27(4-2,17-33-26(36)25(35)23(31)12-18-8-6-5-7-9-18)16-32-24(34)15-21(30)14-19-13-20(28)10-11-22(19)29/h5-11,13,21,23,25,35H,3-4,12,14-17,30-31H2,1-2H3,(H,32,34)(H,33,36). The first-order valence-corrected chi connectivity index (χ1v) is 12.3. The molecule has 0 saturated carbocycles. The number of rotatable bonds is 14. The number of halogens is 2. The van der Waals surface area contributed by atoms with E-state index in [1.807, 2.05) is 44.2 Å². The van der Waals surface area contributed by atoms with Crippen LogP contribution in [0, 0.1) is 17.0 Å². The van der Waals surface area contributed by atoms with Crippen molar-refractivity contribution in [2.24, 2.45) is 16.9 Å². The quantitative estimate of drug-likeness (QED) is 0.269. The summed E-state index contributed by atoms with van der Waals surface area (Å²) in [5, 5.41) is 16.0. The van der Waals surface area contributed by atoms with Crippen molar-refractivity contribution in [3.63, 3.8) is 0 Å². The minimum atomic E-state index is -1.37. The zero-order valence-electron chi connectivity index (χ0n) is 21.0. The lowest BCUT2D eigenvalue weighted by molar-refractivity contribution is -0.130. The van der Waals surface area contributed by atoms with Gasteiger partial charge in [0.1, 0.15) is 17.7 Å². The van der Waals surface area contributed by atoms with Gasteiger partial charge in [-0.2, -0.15) is 0 Å². The molecule has 2 amide bonds. The average Bonchev–Trinajstić information content (AvgIpc) is 2.86. The van der Waals surface area contributed by atoms with Gasteiger partial charge in [-0.15, -0.1) is 0 Å². The maximum absolute atomic E-state index is 13.8. The van der Waals surface area contributed by atoms with Crippen LogP contribution in [0.25, 0.3) is 0 Å². The molecule has 3 atom stereocenters. The van der Waals surface area contributed by atoms with E-state index in [0.717, 1.165) is 23.8 Å². The highest BCUT2D eigenvalue weighted by molar-refractivity contribution is 5.81. The number of hydrogen-bond acceptors (Lipinski definition) is 5. The first kappa shape index (κ1) is 29.4. The van der Waals surface area contributed by atoms with Gasteiger partial charge in [0.05, 0.1) is 0 Å². The van der Waals surface area contributed by atoms with Crippen molar-refractivity contribution >= 4 is 11.8 Å². The molecule has 0 aliphatic rings. The second-order valence-corrected chi connectivity index (χ2v) is 9.40. The Morgan fingerprint density at radius 2 is 1.61 bits per heavy atom. The summed E-state index contributed by atoms with van der Waals surface area (Å²) in [5.74, 6) is -2.01. The summed E-state index contributed by atoms with van der Waals surface area (Å²) in [7, 11) is 0. The third kappa shape index (κ3) is 8.96. The Bertz CT molecular complexity index is 986. The van der Waals surface area contributed by atoms with Crippen LogP contribution in [0.3, 0.4) is 0 Å². The Morgan fingerprint density at radius 3 is 2.25 bits per heavy atom. The van der Waals surface area contributed by atoms with E-state index in [2.05, 4.69) is 10.6 Å². The van der Waals surface area contributed by atoms with Crippen molar-refractivity contribution in [1.29, 1.82) is 0 Å². The lowest BCUT2D eigenvalue weighted by atomic mass is 9.82. The van der Waals surface area contributed by atoms with E-state index in [1.165, 1.54) is 0 Å². The molecule has 7 N–H and O–H groups in total. The van der Waals surface area contributed by atoms with Gasteiger partial charge in [-0.3, -0.25) is 9.59 Å². The monoisotopic (exact) mass is 504 g/mol. The van der Waals surface area contributed by atoms with Gasteiger partial charge < -0.3 is 27.2 Å². The Labute approximate surface area is 211 Å². The zero-order chi connectivity index (χ0) is 26.7. The normalized spacial score (nSPS) is 14.1. The first-order chi connectivity index (χ1) is 17.1. The van der Waals surface area contributed by atoms with Gasteiger partial charge in [-0.25, -0.2) is 8.78 Å². The van der Waals surface area contributed by atoms with E-state index >= 15 is 0 Å². The van der Waals surface area contributed by atoms with E-state index < -0.39 is 41.1 Å². The summed E-state index contributed by atoms with van der Waals surface area (Å²) in [6, 6.07) is 11.1. The molecule has 0 saturated heterocycles. The Balaban J connectivity index is 1.85. The van der Waals surface area contributed by atoms with Crippen molar-refractivity contribution in [3.8, 4) is 0 Å². The van der Waals surface area contributed by atoms with Crippen molar-refractivity contribution in [2.75, 3.05) is 13.1 Å². The van der Waals surface area contributed by atoms with Crippen LogP contribution >= 0.6 is 0 Å². The molecule has 9 heteroatoms. The molecule has 2 aromatic rings. The number of nitrogens with two attached hydrogens (primary N) is 2. The number of hydrogen-bond donors (Lipinski definition) is 5. The number of aliphatic hydroxyl groups is 1. The fourth-order valence-electron chi connectivity index (χ4n) is 4.03. The molecule has 0 radical (unpaired) electrons. The second-order valence-electron chi connectivity index (χ2n) is 9.40. The van der Waals surface area contributed by atoms with Crippen LogP contribution in [0.5, 0.6) is 0 Å². The maximum Gasteiger partial charge on any atom is 0.250 e. The van der Waals surface area contributed by atoms with Crippen LogP contribution in [0.2, 0.25) is 0 Å². The number of benzene rings is 2. The van der Waals surface area contributed by atoms with Crippen LogP contribution in [-0.2, 0) is 22.4 Å². The highest BCUT2D eigenvalue weighted by Crippen LogP contribution is 2.25. The fraction of sp³-hybridized carbons (Fsp3) is 0.481. The first-order valence-electron chi connectivity index (χ1n) is 12.3. The molecule has 2 aromatic carbocycles. The van der Waals surface area contributed by atoms with Crippen LogP contribution in [-0.4, -0.2) is 48.2 Å². The Hall–Kier alpha value is -2.88. The van der Waals surface area contributed by atoms with E-state index in [9.17, 15) is 23.5 Å². The molecule has 0 bridgehead atoms. The SMILES string of the molecule is CCC(CC)(CNC(=O)CC(N)Cc1cc(F)ccc1F)CNC(=O)C(O)C(N)Cc1ccccc1. The number of amides is 2. The minimum Gasteiger partial charge on any atom is -0.382 e. The Kier molecular flexibility index (Phi) is 11.4. The zero-order valence-corrected chi connectivity index (χ0v) is 21.0. The minimum absolute atomic E-state index is 0.0287. The molecule has 198 valence electrons. The molecule has 3 unspecified atom stereocenters. The molecular weight excluding hydrogens is 466 g/mol. The van der Waals surface area contributed by atoms with E-state index in [1.54, 1.807) is 0 Å². The molecule has 0 aliphatic heterocycles. The van der Waals surface area contributed by atoms with Crippen LogP contribution in [0.4, 0.5) is 8.78 Å². The van der Waals surface area contributed by atoms with E-state index in [-0.39, 0.29) is 37.4 Å². The summed E-state index contributed by atoms with van der Waals surface area (Å²) in [4.78, 5) is 25.0. The largest absolute Gasteiger partial charge is 0.382 e. The van der Waals surface area contributed by atoms with E-state index in [0.29, 0.717) is 19.3 Å². The van der Waals surface area contributed by atoms with Crippen molar-refractivity contribution in [3.05, 3.63) is 71.3 Å². The Morgan fingerprint density at radius 1 is 0.972 bits per heavy atom. The highest BCUT2D eigenvalue weighted by atomic mass is 19.1. The second kappa shape index (κ2) is 14.0. The lowest BCUT2D eigenvalue weighted by Crippen LogP contribution is -2.51. The van der Waals surface area contributed by atoms with Gasteiger partial charge >= 0.3 is 0 Å². The van der Waals surface area contributed by atoms with Crippen molar-refractivity contribution in [2.45, 2.75) is 64.1 Å². The maximum atomic E-state index is 13.8. The van der Waals surface area contributed by atoms with Crippen molar-refractivity contribution in [1.82, 2.24) is 10.6 Å². The fourth-order valence-corrected chi connectivity index (χ4v) is 4.03. The van der Waals surface area contributed by atoms with Crippen molar-refractivity contribution < 1.29 is 23.5 Å². The highest BCUT2D eigenvalue weighted by Gasteiger charge is 2.30. The summed E-state index contributed by atoms with van der Waals surface area (Å²) in [6.07, 6.45) is 0.290. The molecule has 2 rings (SSSR count). The molecular formula is C27H38F2N4O3.